The molecule has 2 heteroatoms. The van der Waals surface area contributed by atoms with Gasteiger partial charge in [-0.2, -0.15) is 0 Å². The standard InChI is InChI=1S/C14H23NO/c1-5-7-13(16)10-9-12-8-6-11-15(12)14(2,3)4/h12H,6,8-11H2,1-4H3. The minimum atomic E-state index is 0.0864. The van der Waals surface area contributed by atoms with Crippen molar-refractivity contribution < 1.29 is 4.79 Å². The molecular weight excluding hydrogens is 198 g/mol. The maximum Gasteiger partial charge on any atom is 0.205 e. The van der Waals surface area contributed by atoms with Crippen molar-refractivity contribution in [3.8, 4) is 11.8 Å². The minimum absolute atomic E-state index is 0.0864. The highest BCUT2D eigenvalue weighted by molar-refractivity contribution is 5.95. The fraction of sp³-hybridized carbons (Fsp3) is 0.786. The van der Waals surface area contributed by atoms with Gasteiger partial charge >= 0.3 is 0 Å². The summed E-state index contributed by atoms with van der Waals surface area (Å²) in [6, 6.07) is 0.572. The van der Waals surface area contributed by atoms with Crippen LogP contribution >= 0.6 is 0 Å². The number of rotatable bonds is 3. The van der Waals surface area contributed by atoms with E-state index in [1.165, 1.54) is 19.4 Å². The number of ketones is 1. The van der Waals surface area contributed by atoms with Gasteiger partial charge in [0.1, 0.15) is 0 Å². The Morgan fingerprint density at radius 1 is 1.44 bits per heavy atom. The third kappa shape index (κ3) is 3.64. The van der Waals surface area contributed by atoms with Gasteiger partial charge in [-0.15, -0.1) is 0 Å². The van der Waals surface area contributed by atoms with Gasteiger partial charge < -0.3 is 0 Å². The zero-order valence-corrected chi connectivity index (χ0v) is 11.0. The molecule has 1 rings (SSSR count). The van der Waals surface area contributed by atoms with Crippen molar-refractivity contribution >= 4 is 5.78 Å². The molecule has 0 aromatic rings. The van der Waals surface area contributed by atoms with E-state index in [4.69, 9.17) is 0 Å². The molecule has 1 fully saturated rings. The number of nitrogens with zero attached hydrogens (tertiary/aromatic N) is 1. The Morgan fingerprint density at radius 2 is 2.12 bits per heavy atom. The number of likely N-dealkylation sites (tertiary alicyclic amines) is 1. The van der Waals surface area contributed by atoms with Gasteiger partial charge in [0, 0.05) is 18.0 Å². The Balaban J connectivity index is 2.47. The van der Waals surface area contributed by atoms with E-state index in [1.54, 1.807) is 6.92 Å². The molecule has 16 heavy (non-hydrogen) atoms. The van der Waals surface area contributed by atoms with Crippen LogP contribution < -0.4 is 0 Å². The third-order valence-corrected chi connectivity index (χ3v) is 3.21. The average Bonchev–Trinajstić information content (AvgIpc) is 2.62. The molecule has 1 saturated heterocycles. The van der Waals surface area contributed by atoms with E-state index >= 15 is 0 Å². The van der Waals surface area contributed by atoms with Crippen LogP contribution in [0.15, 0.2) is 0 Å². The molecule has 0 aromatic carbocycles. The van der Waals surface area contributed by atoms with E-state index in [0.717, 1.165) is 6.42 Å². The molecule has 1 aliphatic rings. The van der Waals surface area contributed by atoms with E-state index in [0.29, 0.717) is 12.5 Å². The number of carbonyl (C=O) groups is 1. The summed E-state index contributed by atoms with van der Waals surface area (Å²) in [5.41, 5.74) is 0.223. The predicted molar refractivity (Wildman–Crippen MR) is 67.2 cm³/mol. The first-order valence-electron chi connectivity index (χ1n) is 6.17. The van der Waals surface area contributed by atoms with Crippen LogP contribution in [0.2, 0.25) is 0 Å². The fourth-order valence-electron chi connectivity index (χ4n) is 2.52. The SMILES string of the molecule is CC#CC(=O)CCC1CCCN1C(C)(C)C. The van der Waals surface area contributed by atoms with Gasteiger partial charge in [-0.3, -0.25) is 9.69 Å². The van der Waals surface area contributed by atoms with Crippen LogP contribution in [0.5, 0.6) is 0 Å². The minimum Gasteiger partial charge on any atom is -0.296 e. The van der Waals surface area contributed by atoms with E-state index in [2.05, 4.69) is 37.5 Å². The highest BCUT2D eigenvalue weighted by atomic mass is 16.1. The smallest absolute Gasteiger partial charge is 0.205 e. The van der Waals surface area contributed by atoms with Crippen molar-refractivity contribution in [1.29, 1.82) is 0 Å². The molecule has 0 spiro atoms. The van der Waals surface area contributed by atoms with E-state index in [1.807, 2.05) is 0 Å². The van der Waals surface area contributed by atoms with Crippen molar-refractivity contribution in [3.63, 3.8) is 0 Å². The molecule has 90 valence electrons. The normalized spacial score (nSPS) is 21.6. The highest BCUT2D eigenvalue weighted by Crippen LogP contribution is 2.28. The molecule has 0 aromatic heterocycles. The summed E-state index contributed by atoms with van der Waals surface area (Å²) < 4.78 is 0. The number of carbonyl (C=O) groups excluding carboxylic acids is 1. The maximum atomic E-state index is 11.4. The van der Waals surface area contributed by atoms with Gasteiger partial charge in [-0.25, -0.2) is 0 Å². The van der Waals surface area contributed by atoms with Crippen LogP contribution in [0.1, 0.15) is 53.4 Å². The highest BCUT2D eigenvalue weighted by Gasteiger charge is 2.32. The molecule has 0 bridgehead atoms. The first-order chi connectivity index (χ1) is 7.45. The summed E-state index contributed by atoms with van der Waals surface area (Å²) in [6.45, 7) is 9.63. The van der Waals surface area contributed by atoms with Gasteiger partial charge in [0.05, 0.1) is 0 Å². The predicted octanol–water partition coefficient (Wildman–Crippen LogP) is 2.62. The second-order valence-corrected chi connectivity index (χ2v) is 5.50. The lowest BCUT2D eigenvalue weighted by Gasteiger charge is -2.37. The van der Waals surface area contributed by atoms with Gasteiger partial charge in [0.15, 0.2) is 0 Å². The molecule has 0 N–H and O–H groups in total. The number of hydrogen-bond acceptors (Lipinski definition) is 2. The van der Waals surface area contributed by atoms with Crippen LogP contribution in [0.3, 0.4) is 0 Å². The van der Waals surface area contributed by atoms with Gasteiger partial charge in [0.2, 0.25) is 5.78 Å². The van der Waals surface area contributed by atoms with Gasteiger partial charge in [-0.1, -0.05) is 5.92 Å². The van der Waals surface area contributed by atoms with Crippen LogP contribution in [-0.4, -0.2) is 28.8 Å². The topological polar surface area (TPSA) is 20.3 Å². The van der Waals surface area contributed by atoms with Crippen LogP contribution in [0.4, 0.5) is 0 Å². The van der Waals surface area contributed by atoms with Crippen LogP contribution in [0.25, 0.3) is 0 Å². The molecule has 0 radical (unpaired) electrons. The second-order valence-electron chi connectivity index (χ2n) is 5.50. The quantitative estimate of drug-likeness (QED) is 0.539. The summed E-state index contributed by atoms with van der Waals surface area (Å²) in [5, 5.41) is 0. The lowest BCUT2D eigenvalue weighted by atomic mass is 10.0. The molecular formula is C14H23NO. The fourth-order valence-corrected chi connectivity index (χ4v) is 2.52. The Labute approximate surface area is 99.4 Å². The largest absolute Gasteiger partial charge is 0.296 e. The van der Waals surface area contributed by atoms with E-state index < -0.39 is 0 Å². The zero-order chi connectivity index (χ0) is 12.2. The molecule has 1 atom stereocenters. The summed E-state index contributed by atoms with van der Waals surface area (Å²) in [6.07, 6.45) is 4.06. The Bertz CT molecular complexity index is 303. The molecule has 1 heterocycles. The Morgan fingerprint density at radius 3 is 2.69 bits per heavy atom. The van der Waals surface area contributed by atoms with Crippen LogP contribution in [0, 0.1) is 11.8 Å². The first kappa shape index (κ1) is 13.3. The van der Waals surface area contributed by atoms with Gasteiger partial charge in [-0.05, 0) is 59.4 Å². The molecule has 1 aliphatic heterocycles. The Kier molecular flexibility index (Phi) is 4.56. The molecule has 0 saturated carbocycles. The first-order valence-corrected chi connectivity index (χ1v) is 6.17. The zero-order valence-electron chi connectivity index (χ0n) is 11.0. The number of Topliss-reactive ketones (excluding diaryl/α,β-unsaturated/α-hetero) is 1. The summed E-state index contributed by atoms with van der Waals surface area (Å²) in [5.74, 6) is 5.37. The van der Waals surface area contributed by atoms with Crippen molar-refractivity contribution in [1.82, 2.24) is 4.90 Å². The van der Waals surface area contributed by atoms with E-state index in [9.17, 15) is 4.79 Å². The van der Waals surface area contributed by atoms with Crippen molar-refractivity contribution in [2.45, 2.75) is 65.0 Å². The van der Waals surface area contributed by atoms with Crippen molar-refractivity contribution in [3.05, 3.63) is 0 Å². The monoisotopic (exact) mass is 221 g/mol. The number of hydrogen-bond donors (Lipinski definition) is 0. The molecule has 0 amide bonds. The third-order valence-electron chi connectivity index (χ3n) is 3.21. The average molecular weight is 221 g/mol. The molecule has 0 aliphatic carbocycles. The lowest BCUT2D eigenvalue weighted by molar-refractivity contribution is -0.114. The van der Waals surface area contributed by atoms with Crippen molar-refractivity contribution in [2.75, 3.05) is 6.54 Å². The van der Waals surface area contributed by atoms with Crippen LogP contribution in [-0.2, 0) is 4.79 Å². The molecule has 1 unspecified atom stereocenters. The lowest BCUT2D eigenvalue weighted by Crippen LogP contribution is -2.44. The Hall–Kier alpha value is -0.810. The summed E-state index contributed by atoms with van der Waals surface area (Å²) >= 11 is 0. The summed E-state index contributed by atoms with van der Waals surface area (Å²) in [4.78, 5) is 13.9. The second kappa shape index (κ2) is 5.50. The molecule has 2 nitrogen and oxygen atoms in total. The van der Waals surface area contributed by atoms with E-state index in [-0.39, 0.29) is 11.3 Å². The van der Waals surface area contributed by atoms with Crippen molar-refractivity contribution in [2.24, 2.45) is 0 Å². The maximum absolute atomic E-state index is 11.4. The van der Waals surface area contributed by atoms with Gasteiger partial charge in [0.25, 0.3) is 0 Å². The summed E-state index contributed by atoms with van der Waals surface area (Å²) in [7, 11) is 0.